The topological polar surface area (TPSA) is 513 Å². The maximum atomic E-state index is 12.1. The molecule has 0 saturated carbocycles. The van der Waals surface area contributed by atoms with Crippen molar-refractivity contribution in [3.8, 4) is 23.0 Å². The molecule has 8 aromatic carbocycles. The lowest BCUT2D eigenvalue weighted by molar-refractivity contribution is -0.432. The molecule has 41 heteroatoms. The van der Waals surface area contributed by atoms with E-state index in [2.05, 4.69) is 78.4 Å². The quantitative estimate of drug-likeness (QED) is 0.00707. The number of anilines is 1. The molecule has 34 nitrogen and oxygen atoms in total. The minimum atomic E-state index is -4.94. The maximum Gasteiger partial charge on any atom is 0.296 e. The van der Waals surface area contributed by atoms with Crippen molar-refractivity contribution in [1.29, 1.82) is 0 Å². The van der Waals surface area contributed by atoms with Gasteiger partial charge in [0.2, 0.25) is 0 Å². The number of aromatic hydroxyl groups is 3. The maximum absolute atomic E-state index is 12.1. The van der Waals surface area contributed by atoms with Crippen LogP contribution in [0.1, 0.15) is 5.56 Å². The van der Waals surface area contributed by atoms with Gasteiger partial charge in [-0.05, 0) is 95.9 Å². The van der Waals surface area contributed by atoms with E-state index >= 15 is 0 Å². The molecule has 8 aromatic rings. The molecule has 0 radical (unpaired) electrons. The van der Waals surface area contributed by atoms with Gasteiger partial charge in [0.15, 0.2) is 17.2 Å². The highest BCUT2D eigenvalue weighted by atomic mass is 32.2. The van der Waals surface area contributed by atoms with E-state index < -0.39 is 79.4 Å². The minimum absolute atomic E-state index is 0.0335. The van der Waals surface area contributed by atoms with Crippen LogP contribution in [-0.4, -0.2) is 89.4 Å². The fourth-order valence-corrected chi connectivity index (χ4v) is 11.3. The molecule has 0 aliphatic heterocycles. The second kappa shape index (κ2) is 28.9. The number of nitrogens with zero attached hydrogens (tertiary/aromatic N) is 8. The Morgan fingerprint density at radius 2 is 1.01 bits per heavy atom. The number of nitrogens with two attached hydrogens (primary N) is 1. The Morgan fingerprint density at radius 3 is 1.63 bits per heavy atom. The summed E-state index contributed by atoms with van der Waals surface area (Å²) >= 11 is 1.74. The summed E-state index contributed by atoms with van der Waals surface area (Å²) in [6.45, 7) is 1.80. The fourth-order valence-electron chi connectivity index (χ4n) is 7.53. The SMILES string of the molecule is CN=Nc1c(S(=O)(=O)O)cc2cc(SOOO)c(N=Nc3ccc4cc(SOOO)c(N=Nc5cc(SOOO)ccc5S(=O)(=O)O)c(O)c4c3)c(N)c2c1O.COc1ccc(N=Nc2c(S(=O)(=O)O)cc3cc(C)ccc3c2O)c(SOOO)c1. The van der Waals surface area contributed by atoms with Crippen molar-refractivity contribution in [1.82, 2.24) is 0 Å². The molecule has 0 amide bonds. The summed E-state index contributed by atoms with van der Waals surface area (Å²) in [5, 5.41) is 114. The van der Waals surface area contributed by atoms with Crippen LogP contribution in [0, 0.1) is 6.92 Å². The number of benzene rings is 8. The average Bonchev–Trinajstić information content (AvgIpc) is 1.00. The van der Waals surface area contributed by atoms with Gasteiger partial charge in [-0.1, -0.05) is 50.0 Å². The van der Waals surface area contributed by atoms with Gasteiger partial charge in [-0.2, -0.15) is 40.6 Å². The second-order valence-electron chi connectivity index (χ2n) is 16.3. The molecule has 0 aliphatic carbocycles. The first kappa shape index (κ1) is 66.1. The van der Waals surface area contributed by atoms with Crippen LogP contribution in [0.3, 0.4) is 0 Å². The molecule has 0 fully saturated rings. The molecule has 0 bridgehead atoms. The zero-order valence-corrected chi connectivity index (χ0v) is 48.6. The molecular formula is C45H37N9O25S7. The number of nitrogen functional groups attached to an aromatic ring is 1. The van der Waals surface area contributed by atoms with Crippen LogP contribution in [0.25, 0.3) is 32.3 Å². The van der Waals surface area contributed by atoms with Crippen molar-refractivity contribution in [2.45, 2.75) is 41.2 Å². The van der Waals surface area contributed by atoms with E-state index in [1.54, 1.807) is 31.2 Å². The lowest BCUT2D eigenvalue weighted by Gasteiger charge is -2.14. The smallest absolute Gasteiger partial charge is 0.296 e. The van der Waals surface area contributed by atoms with Crippen LogP contribution in [0.5, 0.6) is 23.0 Å². The summed E-state index contributed by atoms with van der Waals surface area (Å²) in [5.41, 5.74) is 5.00. The van der Waals surface area contributed by atoms with Crippen LogP contribution in [-0.2, 0) is 67.8 Å². The number of ether oxygens (including phenoxy) is 1. The number of rotatable bonds is 23. The molecule has 0 atom stereocenters. The van der Waals surface area contributed by atoms with Crippen molar-refractivity contribution in [2.75, 3.05) is 19.9 Å². The lowest BCUT2D eigenvalue weighted by atomic mass is 10.1. The summed E-state index contributed by atoms with van der Waals surface area (Å²) in [7, 11) is -11.9. The number of methoxy groups -OCH3 is 1. The van der Waals surface area contributed by atoms with E-state index in [4.69, 9.17) is 31.5 Å². The van der Waals surface area contributed by atoms with Gasteiger partial charge in [0.25, 0.3) is 30.4 Å². The first-order chi connectivity index (χ1) is 40.9. The van der Waals surface area contributed by atoms with E-state index in [9.17, 15) is 54.2 Å². The summed E-state index contributed by atoms with van der Waals surface area (Å²) < 4.78 is 124. The second-order valence-corrected chi connectivity index (χ2v) is 23.4. The van der Waals surface area contributed by atoms with Crippen LogP contribution >= 0.6 is 48.2 Å². The van der Waals surface area contributed by atoms with Crippen LogP contribution < -0.4 is 10.5 Å². The summed E-state index contributed by atoms with van der Waals surface area (Å²) in [6.07, 6.45) is 0. The molecule has 12 N–H and O–H groups in total. The molecular weight excluding hydrogens is 1290 g/mol. The highest BCUT2D eigenvalue weighted by Crippen LogP contribution is 2.51. The monoisotopic (exact) mass is 1330 g/mol. The van der Waals surface area contributed by atoms with Crippen molar-refractivity contribution in [3.05, 3.63) is 103 Å². The summed E-state index contributed by atoms with van der Waals surface area (Å²) in [4.78, 5) is -1.77. The Hall–Kier alpha value is -7.41. The Morgan fingerprint density at radius 1 is 0.465 bits per heavy atom. The zero-order chi connectivity index (χ0) is 62.7. The molecule has 0 unspecified atom stereocenters. The largest absolute Gasteiger partial charge is 0.505 e. The molecule has 0 spiro atoms. The third-order valence-corrected chi connectivity index (χ3v) is 16.2. The number of phenols is 3. The van der Waals surface area contributed by atoms with E-state index in [1.807, 2.05) is 0 Å². The first-order valence-electron chi connectivity index (χ1n) is 22.4. The fraction of sp³-hybridized carbons (Fsp3) is 0.0667. The summed E-state index contributed by atoms with van der Waals surface area (Å²) in [6, 6.07) is 21.7. The van der Waals surface area contributed by atoms with E-state index in [0.29, 0.717) is 75.0 Å². The molecule has 86 heavy (non-hydrogen) atoms. The highest BCUT2D eigenvalue weighted by molar-refractivity contribution is 7.95. The Labute approximate surface area is 498 Å². The molecule has 0 aliphatic rings. The van der Waals surface area contributed by atoms with Gasteiger partial charge < -0.3 is 25.8 Å². The Balaban J connectivity index is 0.000000296. The number of hydrogen-bond donors (Lipinski definition) is 11. The van der Waals surface area contributed by atoms with Crippen molar-refractivity contribution >= 4 is 156 Å². The van der Waals surface area contributed by atoms with Gasteiger partial charge in [-0.25, -0.2) is 21.0 Å². The van der Waals surface area contributed by atoms with E-state index in [1.165, 1.54) is 68.8 Å². The zero-order valence-electron chi connectivity index (χ0n) is 42.8. The number of fused-ring (bicyclic) bond motifs is 3. The van der Waals surface area contributed by atoms with Gasteiger partial charge >= 0.3 is 0 Å². The Bertz CT molecular complexity index is 4380. The van der Waals surface area contributed by atoms with Crippen LogP contribution in [0.4, 0.5) is 45.5 Å². The molecule has 0 aromatic heterocycles. The predicted molar refractivity (Wildman–Crippen MR) is 300 cm³/mol. The molecule has 0 saturated heterocycles. The van der Waals surface area contributed by atoms with Gasteiger partial charge in [0.1, 0.15) is 54.6 Å². The van der Waals surface area contributed by atoms with Gasteiger partial charge in [0.05, 0.1) is 86.7 Å². The van der Waals surface area contributed by atoms with Gasteiger partial charge in [-0.15, -0.1) is 42.9 Å². The van der Waals surface area contributed by atoms with Crippen LogP contribution in [0.15, 0.2) is 172 Å². The average molecular weight is 1330 g/mol. The molecule has 8 rings (SSSR count). The van der Waals surface area contributed by atoms with E-state index in [-0.39, 0.29) is 59.3 Å². The van der Waals surface area contributed by atoms with Gasteiger partial charge in [0, 0.05) is 22.7 Å². The summed E-state index contributed by atoms with van der Waals surface area (Å²) in [5.74, 6) is -1.41. The standard InChI is InChI=1S/C27H21N7O17S5.C18H16N2O8S2/c1-29-32-25-20(56(43,44)45)8-12-7-17(53-50-47-38)23(22(28)21(12)27(25)36)33-30-13-3-2-11-6-18(54-51-48-39)24(26(35)15(11)9-13)34-31-16-10-14(52-49-46-37)4-5-19(16)55(40,41)42;1-10-3-5-13-11(7-10)8-16(30(23,24)25)17(18(13)21)20-19-14-6-4-12(26-2)9-15(14)29-28-27-22/h2-10,35-39H,28H2,1H3,(H,40,41,42)(H,43,44,45);3-9,21-22H,1-2H3,(H,23,24,25). The van der Waals surface area contributed by atoms with Crippen molar-refractivity contribution in [3.63, 3.8) is 0 Å². The number of phenolic OH excluding ortho intramolecular Hbond substituents is 3. The molecule has 454 valence electrons. The number of aryl methyl sites for hydroxylation is 1. The third-order valence-electron chi connectivity index (χ3n) is 11.1. The lowest BCUT2D eigenvalue weighted by Crippen LogP contribution is -2.00. The van der Waals surface area contributed by atoms with Crippen LogP contribution in [0.2, 0.25) is 0 Å². The molecule has 0 heterocycles. The predicted octanol–water partition coefficient (Wildman–Crippen LogP) is 13.3. The third kappa shape index (κ3) is 15.8. The van der Waals surface area contributed by atoms with E-state index in [0.717, 1.165) is 23.8 Å². The number of azo groups is 4. The van der Waals surface area contributed by atoms with Crippen molar-refractivity contribution < 1.29 is 117 Å². The number of hydrogen-bond acceptors (Lipinski definition) is 35. The van der Waals surface area contributed by atoms with Gasteiger partial charge in [-0.3, -0.25) is 13.7 Å². The first-order valence-corrected chi connectivity index (χ1v) is 29.7. The minimum Gasteiger partial charge on any atom is -0.505 e. The Kier molecular flexibility index (Phi) is 22.2. The normalized spacial score (nSPS) is 12.4. The van der Waals surface area contributed by atoms with Crippen molar-refractivity contribution in [2.24, 2.45) is 40.9 Å². The highest BCUT2D eigenvalue weighted by Gasteiger charge is 2.27.